The van der Waals surface area contributed by atoms with Crippen LogP contribution in [0, 0.1) is 0 Å². The van der Waals surface area contributed by atoms with Crippen LogP contribution in [0.15, 0.2) is 84.9 Å². The first kappa shape index (κ1) is 12.3. The maximum atomic E-state index is 2.29. The molecular formula is C24H14. The van der Waals surface area contributed by atoms with Crippen LogP contribution in [0.2, 0.25) is 0 Å². The van der Waals surface area contributed by atoms with Gasteiger partial charge in [0.15, 0.2) is 0 Å². The van der Waals surface area contributed by atoms with E-state index in [0.29, 0.717) is 0 Å². The highest BCUT2D eigenvalue weighted by molar-refractivity contribution is 6.37. The number of rotatable bonds is 0. The van der Waals surface area contributed by atoms with Crippen LogP contribution in [-0.2, 0) is 0 Å². The fourth-order valence-electron chi connectivity index (χ4n) is 4.37. The van der Waals surface area contributed by atoms with Gasteiger partial charge in [-0.15, -0.1) is 0 Å². The SMILES string of the molecule is c1ccc2c(c1)ccc1c3cccc4ccc5cccc(c21)c5c43. The molecule has 110 valence electrons. The first-order valence-corrected chi connectivity index (χ1v) is 8.39. The molecule has 0 unspecified atom stereocenters. The van der Waals surface area contributed by atoms with Crippen LogP contribution in [0.5, 0.6) is 0 Å². The fourth-order valence-corrected chi connectivity index (χ4v) is 4.37. The molecule has 0 saturated carbocycles. The van der Waals surface area contributed by atoms with Crippen LogP contribution >= 0.6 is 0 Å². The Morgan fingerprint density at radius 3 is 1.67 bits per heavy atom. The highest BCUT2D eigenvalue weighted by Crippen LogP contribution is 2.42. The zero-order chi connectivity index (χ0) is 15.7. The molecule has 0 saturated heterocycles. The van der Waals surface area contributed by atoms with Crippen LogP contribution in [0.3, 0.4) is 0 Å². The van der Waals surface area contributed by atoms with E-state index in [4.69, 9.17) is 0 Å². The second kappa shape index (κ2) is 4.24. The van der Waals surface area contributed by atoms with Crippen molar-refractivity contribution in [3.8, 4) is 0 Å². The Labute approximate surface area is 139 Å². The standard InChI is InChI=1S/C24H14/c1-2-8-18-15(5-1)13-14-20-19-9-3-6-16-11-12-17-7-4-10-21(24(18)20)23(17)22(16)19/h1-14H. The summed E-state index contributed by atoms with van der Waals surface area (Å²) < 4.78 is 0. The molecule has 6 aromatic carbocycles. The van der Waals surface area contributed by atoms with E-state index in [0.717, 1.165) is 0 Å². The van der Waals surface area contributed by atoms with Crippen LogP contribution < -0.4 is 0 Å². The van der Waals surface area contributed by atoms with E-state index in [-0.39, 0.29) is 0 Å². The Kier molecular flexibility index (Phi) is 2.18. The van der Waals surface area contributed by atoms with E-state index < -0.39 is 0 Å². The lowest BCUT2D eigenvalue weighted by molar-refractivity contribution is 1.78. The largest absolute Gasteiger partial charge is 0.0616 e. The van der Waals surface area contributed by atoms with Gasteiger partial charge in [-0.3, -0.25) is 0 Å². The molecule has 6 aromatic rings. The number of hydrogen-bond donors (Lipinski definition) is 0. The van der Waals surface area contributed by atoms with Crippen LogP contribution in [0.1, 0.15) is 0 Å². The molecule has 0 bridgehead atoms. The first-order chi connectivity index (χ1) is 11.9. The van der Waals surface area contributed by atoms with Crippen molar-refractivity contribution >= 4 is 53.9 Å². The quantitative estimate of drug-likeness (QED) is 0.212. The average molecular weight is 302 g/mol. The van der Waals surface area contributed by atoms with Crippen LogP contribution in [0.25, 0.3) is 53.9 Å². The van der Waals surface area contributed by atoms with E-state index in [1.165, 1.54) is 53.9 Å². The van der Waals surface area contributed by atoms with Crippen molar-refractivity contribution in [2.24, 2.45) is 0 Å². The smallest absolute Gasteiger partial charge is 0.00201 e. The van der Waals surface area contributed by atoms with Crippen molar-refractivity contribution < 1.29 is 0 Å². The summed E-state index contributed by atoms with van der Waals surface area (Å²) in [6.45, 7) is 0. The Morgan fingerprint density at radius 1 is 0.292 bits per heavy atom. The summed E-state index contributed by atoms with van der Waals surface area (Å²) in [6, 6.07) is 31.1. The molecule has 0 radical (unpaired) electrons. The lowest BCUT2D eigenvalue weighted by atomic mass is 9.87. The third kappa shape index (κ3) is 1.39. The van der Waals surface area contributed by atoms with Gasteiger partial charge in [0.2, 0.25) is 0 Å². The molecule has 0 aliphatic carbocycles. The highest BCUT2D eigenvalue weighted by atomic mass is 14.2. The Balaban J connectivity index is 2.11. The van der Waals surface area contributed by atoms with Crippen molar-refractivity contribution in [1.29, 1.82) is 0 Å². The molecule has 0 aromatic heterocycles. The van der Waals surface area contributed by atoms with Gasteiger partial charge < -0.3 is 0 Å². The zero-order valence-corrected chi connectivity index (χ0v) is 13.1. The molecule has 0 aliphatic rings. The third-order valence-electron chi connectivity index (χ3n) is 5.37. The van der Waals surface area contributed by atoms with Crippen molar-refractivity contribution in [1.82, 2.24) is 0 Å². The monoisotopic (exact) mass is 302 g/mol. The minimum atomic E-state index is 1.31. The molecule has 0 aliphatic heterocycles. The maximum absolute atomic E-state index is 2.29. The predicted molar refractivity (Wildman–Crippen MR) is 105 cm³/mol. The Bertz CT molecular complexity index is 1390. The fraction of sp³-hybridized carbons (Fsp3) is 0. The summed E-state index contributed by atoms with van der Waals surface area (Å²) in [5.74, 6) is 0. The molecule has 0 spiro atoms. The van der Waals surface area contributed by atoms with Gasteiger partial charge >= 0.3 is 0 Å². The lowest BCUT2D eigenvalue weighted by Crippen LogP contribution is -1.87. The topological polar surface area (TPSA) is 0 Å². The summed E-state index contributed by atoms with van der Waals surface area (Å²) in [5, 5.41) is 13.5. The average Bonchev–Trinajstić information content (AvgIpc) is 2.66. The molecule has 0 fully saturated rings. The lowest BCUT2D eigenvalue weighted by Gasteiger charge is -2.16. The number of benzene rings is 6. The van der Waals surface area contributed by atoms with Gasteiger partial charge in [-0.2, -0.15) is 0 Å². The normalized spacial score (nSPS) is 12.2. The van der Waals surface area contributed by atoms with Crippen molar-refractivity contribution in [2.45, 2.75) is 0 Å². The summed E-state index contributed by atoms with van der Waals surface area (Å²) in [6.07, 6.45) is 0. The van der Waals surface area contributed by atoms with Gasteiger partial charge in [-0.05, 0) is 53.9 Å². The predicted octanol–water partition coefficient (Wildman–Crippen LogP) is 6.89. The van der Waals surface area contributed by atoms with Crippen LogP contribution in [0.4, 0.5) is 0 Å². The molecule has 0 amide bonds. The Morgan fingerprint density at radius 2 is 0.833 bits per heavy atom. The van der Waals surface area contributed by atoms with E-state index in [2.05, 4.69) is 84.9 Å². The van der Waals surface area contributed by atoms with Gasteiger partial charge in [-0.25, -0.2) is 0 Å². The van der Waals surface area contributed by atoms with Gasteiger partial charge in [0.25, 0.3) is 0 Å². The van der Waals surface area contributed by atoms with Gasteiger partial charge in [0.05, 0.1) is 0 Å². The minimum Gasteiger partial charge on any atom is -0.0616 e. The molecule has 24 heavy (non-hydrogen) atoms. The van der Waals surface area contributed by atoms with Gasteiger partial charge in [0.1, 0.15) is 0 Å². The summed E-state index contributed by atoms with van der Waals surface area (Å²) in [4.78, 5) is 0. The number of fused-ring (bicyclic) bond motifs is 5. The first-order valence-electron chi connectivity index (χ1n) is 8.39. The molecule has 0 heteroatoms. The van der Waals surface area contributed by atoms with Gasteiger partial charge in [-0.1, -0.05) is 84.9 Å². The number of hydrogen-bond acceptors (Lipinski definition) is 0. The van der Waals surface area contributed by atoms with E-state index >= 15 is 0 Å². The molecule has 6 rings (SSSR count). The second-order valence-electron chi connectivity index (χ2n) is 6.58. The molecular weight excluding hydrogens is 288 g/mol. The minimum absolute atomic E-state index is 1.31. The molecule has 0 atom stereocenters. The van der Waals surface area contributed by atoms with Crippen molar-refractivity contribution in [2.75, 3.05) is 0 Å². The van der Waals surface area contributed by atoms with E-state index in [1.807, 2.05) is 0 Å². The van der Waals surface area contributed by atoms with Crippen molar-refractivity contribution in [3.05, 3.63) is 84.9 Å². The maximum Gasteiger partial charge on any atom is -0.00201 e. The van der Waals surface area contributed by atoms with Gasteiger partial charge in [0, 0.05) is 0 Å². The van der Waals surface area contributed by atoms with Crippen LogP contribution in [-0.4, -0.2) is 0 Å². The molecule has 0 heterocycles. The summed E-state index contributed by atoms with van der Waals surface area (Å²) >= 11 is 0. The Hall–Kier alpha value is -3.12. The second-order valence-corrected chi connectivity index (χ2v) is 6.58. The highest BCUT2D eigenvalue weighted by Gasteiger charge is 2.14. The zero-order valence-electron chi connectivity index (χ0n) is 13.1. The van der Waals surface area contributed by atoms with E-state index in [1.54, 1.807) is 0 Å². The summed E-state index contributed by atoms with van der Waals surface area (Å²) in [5.41, 5.74) is 0. The summed E-state index contributed by atoms with van der Waals surface area (Å²) in [7, 11) is 0. The molecule has 0 N–H and O–H groups in total. The van der Waals surface area contributed by atoms with Crippen molar-refractivity contribution in [3.63, 3.8) is 0 Å². The van der Waals surface area contributed by atoms with E-state index in [9.17, 15) is 0 Å². The third-order valence-corrected chi connectivity index (χ3v) is 5.37. The molecule has 0 nitrogen and oxygen atoms in total.